The fourth-order valence-corrected chi connectivity index (χ4v) is 2.35. The maximum Gasteiger partial charge on any atom is 0.490 e. The second kappa shape index (κ2) is 5.08. The molecule has 0 bridgehead atoms. The third kappa shape index (κ3) is 2.72. The number of rotatable bonds is 1. The van der Waals surface area contributed by atoms with Crippen molar-refractivity contribution in [1.29, 1.82) is 0 Å². The summed E-state index contributed by atoms with van der Waals surface area (Å²) in [7, 11) is 3.27. The van der Waals surface area contributed by atoms with Gasteiger partial charge in [0.25, 0.3) is 0 Å². The monoisotopic (exact) mass is 280 g/mol. The Kier molecular flexibility index (Phi) is 3.91. The average molecular weight is 280 g/mol. The zero-order chi connectivity index (χ0) is 15.1. The zero-order valence-electron chi connectivity index (χ0n) is 13.4. The molecule has 2 rings (SSSR count). The number of hydrogen-bond donors (Lipinski definition) is 0. The molecule has 0 aromatic carbocycles. The van der Waals surface area contributed by atoms with E-state index in [1.165, 1.54) is 0 Å². The van der Waals surface area contributed by atoms with Crippen LogP contribution in [0.2, 0.25) is 0 Å². The fraction of sp³-hybridized carbons (Fsp3) is 0.786. The Morgan fingerprint density at radius 3 is 2.20 bits per heavy atom. The predicted octanol–water partition coefficient (Wildman–Crippen LogP) is 1.93. The lowest BCUT2D eigenvalue weighted by Gasteiger charge is -2.32. The molecule has 112 valence electrons. The quantitative estimate of drug-likeness (QED) is 0.689. The molecule has 0 radical (unpaired) electrons. The van der Waals surface area contributed by atoms with E-state index in [0.717, 1.165) is 11.9 Å². The Balaban J connectivity index is 2.02. The van der Waals surface area contributed by atoms with Gasteiger partial charge < -0.3 is 19.1 Å². The van der Waals surface area contributed by atoms with Gasteiger partial charge in [0, 0.05) is 27.2 Å². The molecule has 20 heavy (non-hydrogen) atoms. The molecule has 0 unspecified atom stereocenters. The molecule has 0 N–H and O–H groups in total. The molecule has 5 nitrogen and oxygen atoms in total. The molecule has 1 saturated heterocycles. The van der Waals surface area contributed by atoms with Crippen LogP contribution >= 0.6 is 0 Å². The number of urea groups is 1. The Hall–Kier alpha value is -1.01. The van der Waals surface area contributed by atoms with Crippen molar-refractivity contribution in [1.82, 2.24) is 9.80 Å². The standard InChI is InChI=1S/C14H25BN2O3/c1-13(2)14(3,4)20-15(19-13)11-7-9-17(10-8-11)12(18)16(5)6/h7H,8-10H2,1-6H3. The highest BCUT2D eigenvalue weighted by Crippen LogP contribution is 2.39. The van der Waals surface area contributed by atoms with E-state index in [4.69, 9.17) is 9.31 Å². The van der Waals surface area contributed by atoms with Gasteiger partial charge in [-0.15, -0.1) is 0 Å². The molecule has 2 aliphatic rings. The van der Waals surface area contributed by atoms with Crippen molar-refractivity contribution >= 4 is 13.1 Å². The lowest BCUT2D eigenvalue weighted by Crippen LogP contribution is -2.42. The van der Waals surface area contributed by atoms with Crippen LogP contribution in [0.4, 0.5) is 4.79 Å². The molecular formula is C14H25BN2O3. The summed E-state index contributed by atoms with van der Waals surface area (Å²) in [6.07, 6.45) is 2.86. The molecule has 0 saturated carbocycles. The van der Waals surface area contributed by atoms with Gasteiger partial charge in [-0.05, 0) is 39.6 Å². The number of nitrogens with zero attached hydrogens (tertiary/aromatic N) is 2. The molecular weight excluding hydrogens is 255 g/mol. The summed E-state index contributed by atoms with van der Waals surface area (Å²) < 4.78 is 12.1. The average Bonchev–Trinajstić information content (AvgIpc) is 2.57. The fourth-order valence-electron chi connectivity index (χ4n) is 2.35. The van der Waals surface area contributed by atoms with Gasteiger partial charge in [0.2, 0.25) is 0 Å². The van der Waals surface area contributed by atoms with Gasteiger partial charge in [0.05, 0.1) is 11.2 Å². The van der Waals surface area contributed by atoms with Crippen LogP contribution in [0.15, 0.2) is 11.5 Å². The lowest BCUT2D eigenvalue weighted by atomic mass is 9.75. The van der Waals surface area contributed by atoms with Crippen molar-refractivity contribution < 1.29 is 14.1 Å². The van der Waals surface area contributed by atoms with Crippen LogP contribution in [0.25, 0.3) is 0 Å². The van der Waals surface area contributed by atoms with E-state index in [2.05, 4.69) is 33.8 Å². The first-order valence-corrected chi connectivity index (χ1v) is 7.15. The van der Waals surface area contributed by atoms with Gasteiger partial charge >= 0.3 is 13.1 Å². The van der Waals surface area contributed by atoms with Crippen LogP contribution in [-0.4, -0.2) is 61.3 Å². The molecule has 0 aromatic heterocycles. The number of amides is 2. The molecule has 1 fully saturated rings. The van der Waals surface area contributed by atoms with E-state index >= 15 is 0 Å². The van der Waals surface area contributed by atoms with Gasteiger partial charge in [-0.1, -0.05) is 6.08 Å². The van der Waals surface area contributed by atoms with E-state index in [9.17, 15) is 4.79 Å². The molecule has 6 heteroatoms. The topological polar surface area (TPSA) is 42.0 Å². The molecule has 0 atom stereocenters. The highest BCUT2D eigenvalue weighted by Gasteiger charge is 2.52. The first kappa shape index (κ1) is 15.4. The Bertz CT molecular complexity index is 416. The van der Waals surface area contributed by atoms with Crippen molar-refractivity contribution in [3.63, 3.8) is 0 Å². The van der Waals surface area contributed by atoms with Gasteiger partial charge in [-0.3, -0.25) is 0 Å². The molecule has 0 spiro atoms. The summed E-state index contributed by atoms with van der Waals surface area (Å²) in [5, 5.41) is 0. The molecule has 2 heterocycles. The van der Waals surface area contributed by atoms with Crippen LogP contribution in [0.5, 0.6) is 0 Å². The van der Waals surface area contributed by atoms with E-state index in [1.807, 2.05) is 4.90 Å². The maximum absolute atomic E-state index is 11.9. The third-order valence-electron chi connectivity index (χ3n) is 4.45. The third-order valence-corrected chi connectivity index (χ3v) is 4.45. The normalized spacial score (nSPS) is 24.6. The van der Waals surface area contributed by atoms with Crippen LogP contribution in [0.1, 0.15) is 34.1 Å². The summed E-state index contributed by atoms with van der Waals surface area (Å²) in [5.74, 6) is 0. The van der Waals surface area contributed by atoms with Crippen molar-refractivity contribution in [2.24, 2.45) is 0 Å². The maximum atomic E-state index is 11.9. The SMILES string of the molecule is CN(C)C(=O)N1CC=C(B2OC(C)(C)C(C)(C)O2)CC1. The van der Waals surface area contributed by atoms with Crippen molar-refractivity contribution in [3.05, 3.63) is 11.5 Å². The number of carbonyl (C=O) groups excluding carboxylic acids is 1. The Morgan fingerprint density at radius 2 is 1.80 bits per heavy atom. The van der Waals surface area contributed by atoms with Crippen molar-refractivity contribution in [2.45, 2.75) is 45.3 Å². The smallest absolute Gasteiger partial charge is 0.400 e. The highest BCUT2D eigenvalue weighted by molar-refractivity contribution is 6.54. The van der Waals surface area contributed by atoms with E-state index in [0.29, 0.717) is 13.1 Å². The molecule has 0 aromatic rings. The Labute approximate surface area is 122 Å². The molecule has 0 aliphatic carbocycles. The minimum absolute atomic E-state index is 0.0502. The lowest BCUT2D eigenvalue weighted by molar-refractivity contribution is 0.00578. The van der Waals surface area contributed by atoms with Gasteiger partial charge in [-0.2, -0.15) is 0 Å². The van der Waals surface area contributed by atoms with Crippen LogP contribution < -0.4 is 0 Å². The summed E-state index contributed by atoms with van der Waals surface area (Å²) >= 11 is 0. The molecule has 2 aliphatic heterocycles. The van der Waals surface area contributed by atoms with Crippen LogP contribution in [0, 0.1) is 0 Å². The molecule has 2 amide bonds. The summed E-state index contributed by atoms with van der Waals surface area (Å²) in [6, 6.07) is 0.0502. The van der Waals surface area contributed by atoms with Crippen LogP contribution in [0.3, 0.4) is 0 Å². The van der Waals surface area contributed by atoms with Crippen molar-refractivity contribution in [3.8, 4) is 0 Å². The Morgan fingerprint density at radius 1 is 1.25 bits per heavy atom. The zero-order valence-corrected chi connectivity index (χ0v) is 13.4. The van der Waals surface area contributed by atoms with E-state index in [1.54, 1.807) is 19.0 Å². The van der Waals surface area contributed by atoms with E-state index < -0.39 is 0 Å². The minimum Gasteiger partial charge on any atom is -0.400 e. The highest BCUT2D eigenvalue weighted by atomic mass is 16.7. The summed E-state index contributed by atoms with van der Waals surface area (Å²) in [6.45, 7) is 9.55. The summed E-state index contributed by atoms with van der Waals surface area (Å²) in [5.41, 5.74) is 0.524. The first-order chi connectivity index (χ1) is 9.14. The van der Waals surface area contributed by atoms with Gasteiger partial charge in [-0.25, -0.2) is 4.79 Å². The predicted molar refractivity (Wildman–Crippen MR) is 79.4 cm³/mol. The second-order valence-electron chi connectivity index (χ2n) is 6.74. The van der Waals surface area contributed by atoms with Gasteiger partial charge in [0.1, 0.15) is 0 Å². The first-order valence-electron chi connectivity index (χ1n) is 7.15. The summed E-state index contributed by atoms with van der Waals surface area (Å²) in [4.78, 5) is 15.3. The van der Waals surface area contributed by atoms with Crippen LogP contribution in [-0.2, 0) is 9.31 Å². The van der Waals surface area contributed by atoms with Crippen molar-refractivity contribution in [2.75, 3.05) is 27.2 Å². The number of hydrogen-bond acceptors (Lipinski definition) is 3. The number of carbonyl (C=O) groups is 1. The second-order valence-corrected chi connectivity index (χ2v) is 6.74. The largest absolute Gasteiger partial charge is 0.490 e. The van der Waals surface area contributed by atoms with Gasteiger partial charge in [0.15, 0.2) is 0 Å². The van der Waals surface area contributed by atoms with E-state index in [-0.39, 0.29) is 24.4 Å². The minimum atomic E-state index is -0.310.